The number of nitrogens with one attached hydrogen (secondary N) is 6. The molecule has 0 spiro atoms. The molecule has 73 heavy (non-hydrogen) atoms. The number of halogens is 1. The molecule has 2 saturated heterocycles. The van der Waals surface area contributed by atoms with Crippen LogP contribution < -0.4 is 43.4 Å². The number of benzene rings is 1. The van der Waals surface area contributed by atoms with Crippen LogP contribution in [0.1, 0.15) is 44.1 Å². The van der Waals surface area contributed by atoms with Crippen LogP contribution in [-0.2, 0) is 54.4 Å². The molecule has 0 aliphatic carbocycles. The normalized spacial score (nSPS) is 20.8. The van der Waals surface area contributed by atoms with Crippen LogP contribution in [0, 0.1) is 43.5 Å². The average Bonchev–Trinajstić information content (AvgIpc) is 3.29. The summed E-state index contributed by atoms with van der Waals surface area (Å²) in [5.41, 5.74) is 11.3. The first-order chi connectivity index (χ1) is 34.1. The Morgan fingerprint density at radius 1 is 0.630 bits per heavy atom. The molecule has 15 N–H and O–H groups in total. The number of aromatic hydroxyl groups is 1. The van der Waals surface area contributed by atoms with E-state index in [0.717, 1.165) is 0 Å². The van der Waals surface area contributed by atoms with Crippen molar-refractivity contribution >= 4 is 87.9 Å². The molecule has 2 fully saturated rings. The molecule has 2 aliphatic rings. The van der Waals surface area contributed by atoms with Crippen LogP contribution in [0.5, 0.6) is 5.75 Å². The van der Waals surface area contributed by atoms with Gasteiger partial charge in [0.25, 0.3) is 0 Å². The number of carboxylic acids is 4. The molecule has 0 unspecified atom stereocenters. The third-order valence-electron chi connectivity index (χ3n) is 11.4. The molecule has 1 aromatic carbocycles. The first kappa shape index (κ1) is 64.0. The minimum atomic E-state index is -1.70. The number of carboxylic acid groups (broad SMARTS) is 4. The van der Waals surface area contributed by atoms with Crippen LogP contribution in [-0.4, -0.2) is 233 Å². The van der Waals surface area contributed by atoms with E-state index in [1.165, 1.54) is 12.1 Å². The van der Waals surface area contributed by atoms with E-state index in [2.05, 4.69) is 36.9 Å². The second-order valence-corrected chi connectivity index (χ2v) is 18.4. The number of guanidine groups is 1. The number of amides is 6. The Bertz CT molecular complexity index is 2090. The first-order valence-corrected chi connectivity index (χ1v) is 24.2. The average molecular weight is 1290 g/mol. The fraction of sp³-hybridized carbons (Fsp3) is 0.605. The maximum atomic E-state index is 14.2. The third kappa shape index (κ3) is 26.1. The zero-order chi connectivity index (χ0) is 53.3. The Morgan fingerprint density at radius 3 is 1.59 bits per heavy atom. The monoisotopic (exact) mass is 1290 g/mol. The summed E-state index contributed by atoms with van der Waals surface area (Å²) in [5.74, 6) is -9.97. The Kier molecular flexibility index (Phi) is 29.5. The van der Waals surface area contributed by atoms with Gasteiger partial charge in [0.1, 0.15) is 29.9 Å². The number of aliphatic carboxylic acids is 4. The first-order valence-electron chi connectivity index (χ1n) is 23.1. The number of carbonyl (C=O) groups is 10. The molecule has 1 aromatic rings. The van der Waals surface area contributed by atoms with Crippen LogP contribution in [0.15, 0.2) is 23.2 Å². The topological polar surface area (TPSA) is 421 Å². The van der Waals surface area contributed by atoms with E-state index in [-0.39, 0.29) is 182 Å². The number of nitrogens with two attached hydrogens (primary N) is 2. The van der Waals surface area contributed by atoms with Crippen molar-refractivity contribution in [3.63, 3.8) is 0 Å². The number of nitrogens with zero attached hydrogens (tertiary/aromatic N) is 5. The maximum Gasteiger partial charge on any atom is 3.00 e. The molecular weight excluding hydrogens is 1220 g/mol. The zero-order valence-electron chi connectivity index (χ0n) is 40.0. The molecule has 4 atom stereocenters. The van der Waals surface area contributed by atoms with Crippen molar-refractivity contribution in [3.05, 3.63) is 27.3 Å². The number of rotatable bonds is 21. The molecule has 0 saturated carbocycles. The SMILES string of the molecule is NC(N)=NCCC[C@@H]1NC(=O)[C@H](CCCCNC(=O)CN2CCN(CC(=O)O)CCN(CC(=O)O)CCN(CC(=O)O)CC2)NC(=O)[C@H](Cc2ccc(O)c(I)c2)NC(=O)[C@H](CC(=O)O)NC(=O)CNC1=O.[Gd+3]. The van der Waals surface area contributed by atoms with Crippen LogP contribution in [0.25, 0.3) is 0 Å². The number of unbranched alkanes of at least 4 members (excludes halogenated alkanes) is 1. The minimum absolute atomic E-state index is 0. The number of hydrogen-bond acceptors (Lipinski definition) is 16. The predicted octanol–water partition coefficient (Wildman–Crippen LogP) is -5.10. The van der Waals surface area contributed by atoms with E-state index in [1.807, 2.05) is 22.6 Å². The van der Waals surface area contributed by atoms with Crippen molar-refractivity contribution in [1.82, 2.24) is 51.5 Å². The molecule has 405 valence electrons. The summed E-state index contributed by atoms with van der Waals surface area (Å²) in [4.78, 5) is 139. The van der Waals surface area contributed by atoms with Crippen molar-refractivity contribution in [2.75, 3.05) is 98.2 Å². The van der Waals surface area contributed by atoms with Gasteiger partial charge in [-0.2, -0.15) is 0 Å². The molecule has 6 amide bonds. The smallest absolute Gasteiger partial charge is 0.507 e. The van der Waals surface area contributed by atoms with Crippen LogP contribution in [0.3, 0.4) is 0 Å². The standard InChI is InChI=1S/C43H66IN13O15.Gd/c44-27-18-26(6-7-32(27)58)19-30-41(71)52-29(40(70)51-28(5-3-9-48-43(45)46)39(69)49-21-33(59)50-31(20-35(61)62)42(72)53-30)4-1-2-8-47-34(60)22-54-10-12-55(23-36(63)64)14-16-57(25-38(67)68)17-15-56(13-11-54)24-37(65)66;/h6-7,18,28-31,58H,1-5,8-17,19-25H2,(H,47,60)(H,49,69)(H,50,59)(H,51,70)(H,52,71)(H,53,72)(H,61,62)(H,63,64)(H,65,66)(H,67,68)(H4,45,46,48);/q;+3/t28-,29-,30-,31-;/m0./s1. The van der Waals surface area contributed by atoms with E-state index in [4.69, 9.17) is 11.5 Å². The Balaban J connectivity index is 0.0000183. The van der Waals surface area contributed by atoms with Gasteiger partial charge in [0, 0.05) is 71.9 Å². The maximum absolute atomic E-state index is 14.2. The number of carbonyl (C=O) groups excluding carboxylic acids is 6. The second-order valence-electron chi connectivity index (χ2n) is 17.2. The second kappa shape index (κ2) is 33.7. The van der Waals surface area contributed by atoms with E-state index in [9.17, 15) is 73.5 Å². The van der Waals surface area contributed by atoms with Crippen molar-refractivity contribution in [3.8, 4) is 5.75 Å². The van der Waals surface area contributed by atoms with E-state index in [0.29, 0.717) is 9.13 Å². The summed E-state index contributed by atoms with van der Waals surface area (Å²) in [5, 5.41) is 63.4. The van der Waals surface area contributed by atoms with Crippen LogP contribution in [0.4, 0.5) is 0 Å². The van der Waals surface area contributed by atoms with Gasteiger partial charge in [0.15, 0.2) is 5.96 Å². The van der Waals surface area contributed by atoms with Crippen molar-refractivity contribution in [2.45, 2.75) is 69.1 Å². The molecular formula is C43H66GdIN13O15+3. The Hall–Kier alpha value is -5.12. The number of phenols is 1. The largest absolute Gasteiger partial charge is 3.00 e. The van der Waals surface area contributed by atoms with E-state index in [1.54, 1.807) is 25.7 Å². The zero-order valence-corrected chi connectivity index (χ0v) is 44.5. The van der Waals surface area contributed by atoms with Gasteiger partial charge in [0.2, 0.25) is 35.4 Å². The Morgan fingerprint density at radius 2 is 1.10 bits per heavy atom. The fourth-order valence-electron chi connectivity index (χ4n) is 7.65. The van der Waals surface area contributed by atoms with Gasteiger partial charge in [-0.3, -0.25) is 72.5 Å². The minimum Gasteiger partial charge on any atom is -0.507 e. The molecule has 1 radical (unpaired) electrons. The van der Waals surface area contributed by atoms with Crippen molar-refractivity contribution in [2.24, 2.45) is 16.5 Å². The summed E-state index contributed by atoms with van der Waals surface area (Å²) in [6, 6.07) is -1.41. The van der Waals surface area contributed by atoms with Crippen molar-refractivity contribution < 1.29 is 113 Å². The van der Waals surface area contributed by atoms with Crippen LogP contribution >= 0.6 is 22.6 Å². The summed E-state index contributed by atoms with van der Waals surface area (Å²) >= 11 is 1.86. The number of hydrogen-bond donors (Lipinski definition) is 13. The number of aliphatic imine (C=N–C) groups is 1. The molecule has 2 aliphatic heterocycles. The van der Waals surface area contributed by atoms with Gasteiger partial charge in [-0.1, -0.05) is 6.07 Å². The molecule has 28 nitrogen and oxygen atoms in total. The number of phenolic OH excluding ortho intramolecular Hbond substituents is 1. The van der Waals surface area contributed by atoms with Gasteiger partial charge in [0.05, 0.1) is 42.7 Å². The van der Waals surface area contributed by atoms with Gasteiger partial charge in [-0.15, -0.1) is 0 Å². The van der Waals surface area contributed by atoms with Crippen LogP contribution in [0.2, 0.25) is 0 Å². The van der Waals surface area contributed by atoms with Gasteiger partial charge < -0.3 is 68.9 Å². The fourth-order valence-corrected chi connectivity index (χ4v) is 8.23. The summed E-state index contributed by atoms with van der Waals surface area (Å²) in [6.45, 7) is -0.0789. The van der Waals surface area contributed by atoms with Crippen molar-refractivity contribution in [1.29, 1.82) is 0 Å². The molecule has 2 heterocycles. The third-order valence-corrected chi connectivity index (χ3v) is 12.2. The molecule has 3 rings (SSSR count). The predicted molar refractivity (Wildman–Crippen MR) is 263 cm³/mol. The Labute approximate surface area is 466 Å². The summed E-state index contributed by atoms with van der Waals surface area (Å²) < 4.78 is 0.410. The molecule has 0 bridgehead atoms. The summed E-state index contributed by atoms with van der Waals surface area (Å²) in [7, 11) is 0. The van der Waals surface area contributed by atoms with Gasteiger partial charge >= 0.3 is 63.8 Å². The molecule has 0 aromatic heterocycles. The van der Waals surface area contributed by atoms with Gasteiger partial charge in [-0.05, 0) is 72.4 Å². The van der Waals surface area contributed by atoms with E-state index >= 15 is 0 Å². The quantitative estimate of drug-likeness (QED) is 0.0237. The summed E-state index contributed by atoms with van der Waals surface area (Å²) in [6.07, 6.45) is -0.576. The van der Waals surface area contributed by atoms with E-state index < -0.39 is 96.5 Å². The van der Waals surface area contributed by atoms with Gasteiger partial charge in [-0.25, -0.2) is 0 Å². The molecule has 30 heteroatoms.